The number of fused-ring (bicyclic) bond motifs is 1. The molecule has 36 heavy (non-hydrogen) atoms. The predicted molar refractivity (Wildman–Crippen MR) is 113 cm³/mol. The van der Waals surface area contributed by atoms with Gasteiger partial charge in [0.2, 0.25) is 5.91 Å². The highest BCUT2D eigenvalue weighted by Crippen LogP contribution is 2.54. The molecule has 196 valence electrons. The number of nitrogens with one attached hydrogen (secondary N) is 1. The molecule has 0 radical (unpaired) electrons. The number of nitrogens with two attached hydrogens (primary N) is 1. The van der Waals surface area contributed by atoms with Crippen LogP contribution < -0.4 is 11.1 Å². The number of carbonyl (C=O) groups is 2. The van der Waals surface area contributed by atoms with Gasteiger partial charge in [-0.05, 0) is 34.4 Å². The fourth-order valence-corrected chi connectivity index (χ4v) is 5.01. The van der Waals surface area contributed by atoms with Crippen LogP contribution in [0.4, 0.5) is 26.3 Å². The van der Waals surface area contributed by atoms with Crippen LogP contribution in [0.5, 0.6) is 0 Å². The quantitative estimate of drug-likeness (QED) is 0.432. The molecule has 0 saturated carbocycles. The molecule has 2 aromatic rings. The van der Waals surface area contributed by atoms with Crippen LogP contribution in [-0.2, 0) is 41.7 Å². The minimum atomic E-state index is -5.93. The fourth-order valence-electron chi connectivity index (χ4n) is 4.34. The molecule has 7 nitrogen and oxygen atoms in total. The van der Waals surface area contributed by atoms with Crippen LogP contribution in [0.3, 0.4) is 0 Å². The summed E-state index contributed by atoms with van der Waals surface area (Å²) < 4.78 is 111. The number of sulfone groups is 1. The van der Waals surface area contributed by atoms with Gasteiger partial charge in [0.15, 0.2) is 15.3 Å². The third kappa shape index (κ3) is 4.21. The zero-order valence-electron chi connectivity index (χ0n) is 18.8. The number of alkyl halides is 6. The van der Waals surface area contributed by atoms with Gasteiger partial charge in [0, 0.05) is 12.8 Å². The van der Waals surface area contributed by atoms with E-state index >= 15 is 0 Å². The summed E-state index contributed by atoms with van der Waals surface area (Å²) in [4.78, 5) is 24.1. The van der Waals surface area contributed by atoms with Gasteiger partial charge in [-0.15, -0.1) is 0 Å². The highest BCUT2D eigenvalue weighted by molar-refractivity contribution is 7.90. The van der Waals surface area contributed by atoms with Gasteiger partial charge in [-0.25, -0.2) is 8.42 Å². The number of carbonyl (C=O) groups excluding carboxylic acids is 2. The molecule has 0 fully saturated rings. The molecule has 0 spiro atoms. The summed E-state index contributed by atoms with van der Waals surface area (Å²) in [7, 11) is -2.94. The number of benzene rings is 2. The summed E-state index contributed by atoms with van der Waals surface area (Å²) >= 11 is 0. The number of primary amides is 1. The van der Waals surface area contributed by atoms with Crippen molar-refractivity contribution in [2.24, 2.45) is 5.73 Å². The van der Waals surface area contributed by atoms with E-state index in [1.54, 1.807) is 0 Å². The fraction of sp³-hybridized carbons (Fsp3) is 0.364. The second kappa shape index (κ2) is 8.76. The van der Waals surface area contributed by atoms with Crippen LogP contribution in [0.15, 0.2) is 47.4 Å². The van der Waals surface area contributed by atoms with Crippen molar-refractivity contribution in [3.05, 3.63) is 64.7 Å². The highest BCUT2D eigenvalue weighted by atomic mass is 32.2. The molecule has 1 atom stereocenters. The molecule has 3 N–H and O–H groups in total. The number of rotatable bonds is 6. The predicted octanol–water partition coefficient (Wildman–Crippen LogP) is 2.85. The van der Waals surface area contributed by atoms with Crippen molar-refractivity contribution in [3.63, 3.8) is 0 Å². The number of methoxy groups -OCH3 is 1. The maximum Gasteiger partial charge on any atom is 0.407 e. The molecular weight excluding hydrogens is 518 g/mol. The zero-order valence-corrected chi connectivity index (χ0v) is 19.6. The molecule has 1 aliphatic heterocycles. The Kier molecular flexibility index (Phi) is 6.68. The van der Waals surface area contributed by atoms with Crippen LogP contribution >= 0.6 is 0 Å². The number of ether oxygens (including phenoxy) is 1. The standard InChI is InChI=1S/C22H20F6N2O5S/c1-35-17(31)10-19(21(23,24)25,22(26,27)28)13-3-5-14(6-4-13)20(18(29)32)16-8-7-15(36(2,33)34)9-12(16)11-30-20/h3-9,30H,10-11H2,1-2H3,(H2,29,32). The topological polar surface area (TPSA) is 116 Å². The summed E-state index contributed by atoms with van der Waals surface area (Å²) in [6, 6.07) is 6.60. The second-order valence-corrected chi connectivity index (χ2v) is 10.3. The van der Waals surface area contributed by atoms with E-state index in [4.69, 9.17) is 5.73 Å². The third-order valence-electron chi connectivity index (χ3n) is 6.24. The largest absolute Gasteiger partial charge is 0.469 e. The van der Waals surface area contributed by atoms with Gasteiger partial charge in [-0.1, -0.05) is 30.3 Å². The summed E-state index contributed by atoms with van der Waals surface area (Å²) in [5.74, 6) is -2.75. The normalized spacial score (nSPS) is 18.6. The molecule has 0 saturated heterocycles. The minimum Gasteiger partial charge on any atom is -0.469 e. The first-order valence-electron chi connectivity index (χ1n) is 10.1. The van der Waals surface area contributed by atoms with E-state index in [0.717, 1.165) is 18.4 Å². The number of hydrogen-bond donors (Lipinski definition) is 2. The maximum absolute atomic E-state index is 13.9. The highest BCUT2D eigenvalue weighted by Gasteiger charge is 2.72. The lowest BCUT2D eigenvalue weighted by Gasteiger charge is -2.37. The Bertz CT molecular complexity index is 1290. The van der Waals surface area contributed by atoms with Crippen molar-refractivity contribution in [2.75, 3.05) is 13.4 Å². The molecule has 1 unspecified atom stereocenters. The first-order chi connectivity index (χ1) is 16.4. The minimum absolute atomic E-state index is 0.0541. The summed E-state index contributed by atoms with van der Waals surface area (Å²) in [6.45, 7) is -0.0548. The Balaban J connectivity index is 2.20. The molecular formula is C22H20F6N2O5S. The lowest BCUT2D eigenvalue weighted by molar-refractivity contribution is -0.304. The average molecular weight is 538 g/mol. The van der Waals surface area contributed by atoms with E-state index in [-0.39, 0.29) is 22.6 Å². The van der Waals surface area contributed by atoms with Crippen LogP contribution in [0.2, 0.25) is 0 Å². The Morgan fingerprint density at radius 3 is 2.03 bits per heavy atom. The molecule has 3 rings (SSSR count). The van der Waals surface area contributed by atoms with E-state index < -0.39 is 57.0 Å². The van der Waals surface area contributed by atoms with Crippen LogP contribution in [0.1, 0.15) is 28.7 Å². The Morgan fingerprint density at radius 2 is 1.58 bits per heavy atom. The van der Waals surface area contributed by atoms with Crippen molar-refractivity contribution in [1.29, 1.82) is 0 Å². The lowest BCUT2D eigenvalue weighted by Crippen LogP contribution is -2.55. The maximum atomic E-state index is 13.9. The van der Waals surface area contributed by atoms with E-state index in [0.29, 0.717) is 24.8 Å². The van der Waals surface area contributed by atoms with Crippen LogP contribution in [0.25, 0.3) is 0 Å². The molecule has 1 amide bonds. The number of halogens is 6. The van der Waals surface area contributed by atoms with Crippen molar-refractivity contribution in [3.8, 4) is 0 Å². The van der Waals surface area contributed by atoms with Gasteiger partial charge in [-0.3, -0.25) is 14.9 Å². The Labute approximate surface area is 201 Å². The van der Waals surface area contributed by atoms with E-state index in [2.05, 4.69) is 10.1 Å². The van der Waals surface area contributed by atoms with Gasteiger partial charge >= 0.3 is 18.3 Å². The van der Waals surface area contributed by atoms with Gasteiger partial charge in [0.05, 0.1) is 18.4 Å². The molecule has 1 aliphatic rings. The van der Waals surface area contributed by atoms with Crippen LogP contribution in [0, 0.1) is 0 Å². The van der Waals surface area contributed by atoms with Gasteiger partial charge < -0.3 is 10.5 Å². The number of hydrogen-bond acceptors (Lipinski definition) is 6. The van der Waals surface area contributed by atoms with Crippen molar-refractivity contribution < 1.29 is 49.1 Å². The summed E-state index contributed by atoms with van der Waals surface area (Å²) in [6.07, 6.45) is -12.9. The molecule has 0 aliphatic carbocycles. The number of esters is 1. The van der Waals surface area contributed by atoms with E-state index in [1.807, 2.05) is 0 Å². The molecule has 0 aromatic heterocycles. The third-order valence-corrected chi connectivity index (χ3v) is 7.35. The van der Waals surface area contributed by atoms with E-state index in [9.17, 15) is 44.3 Å². The smallest absolute Gasteiger partial charge is 0.407 e. The van der Waals surface area contributed by atoms with Gasteiger partial charge in [0.1, 0.15) is 5.54 Å². The van der Waals surface area contributed by atoms with Crippen molar-refractivity contribution in [1.82, 2.24) is 5.32 Å². The monoisotopic (exact) mass is 538 g/mol. The molecule has 1 heterocycles. The second-order valence-electron chi connectivity index (χ2n) is 8.29. The molecule has 0 bridgehead atoms. The summed E-state index contributed by atoms with van der Waals surface area (Å²) in [5.41, 5.74) is -1.64. The Morgan fingerprint density at radius 1 is 1.03 bits per heavy atom. The average Bonchev–Trinajstić information content (AvgIpc) is 3.15. The molecule has 2 aromatic carbocycles. The van der Waals surface area contributed by atoms with Crippen molar-refractivity contribution >= 4 is 21.7 Å². The first-order valence-corrected chi connectivity index (χ1v) is 12.0. The zero-order chi connectivity index (χ0) is 27.3. The lowest BCUT2D eigenvalue weighted by atomic mass is 9.74. The van der Waals surface area contributed by atoms with Crippen molar-refractivity contribution in [2.45, 2.75) is 41.2 Å². The van der Waals surface area contributed by atoms with Gasteiger partial charge in [-0.2, -0.15) is 26.3 Å². The SMILES string of the molecule is COC(=O)CC(c1ccc(C2(C(N)=O)NCc3cc(S(C)(=O)=O)ccc32)cc1)(C(F)(F)F)C(F)(F)F. The van der Waals surface area contributed by atoms with Crippen LogP contribution in [-0.4, -0.2) is 46.0 Å². The summed E-state index contributed by atoms with van der Waals surface area (Å²) in [5, 5.41) is 2.80. The Hall–Kier alpha value is -3.13. The molecule has 14 heteroatoms. The van der Waals surface area contributed by atoms with Gasteiger partial charge in [0.25, 0.3) is 0 Å². The first kappa shape index (κ1) is 27.5. The number of amides is 1. The van der Waals surface area contributed by atoms with E-state index in [1.165, 1.54) is 18.2 Å².